The van der Waals surface area contributed by atoms with Crippen LogP contribution in [0, 0.1) is 27.3 Å². The Morgan fingerprint density at radius 3 is 2.15 bits per heavy atom. The summed E-state index contributed by atoms with van der Waals surface area (Å²) in [6.07, 6.45) is 0. The first-order valence-electron chi connectivity index (χ1n) is 6.17. The molecule has 20 heavy (non-hydrogen) atoms. The van der Waals surface area contributed by atoms with Gasteiger partial charge in [-0.05, 0) is 41.6 Å². The molecule has 0 saturated carbocycles. The Bertz CT molecular complexity index is 494. The first-order valence-corrected chi connectivity index (χ1v) is 6.96. The second kappa shape index (κ2) is 9.39. The highest BCUT2D eigenvalue weighted by Gasteiger charge is 2.18. The highest BCUT2D eigenvalue weighted by Crippen LogP contribution is 2.28. The molecule has 110 valence electrons. The van der Waals surface area contributed by atoms with Gasteiger partial charge < -0.3 is 4.90 Å². The quantitative estimate of drug-likeness (QED) is 0.615. The maximum atomic E-state index is 12.8. The van der Waals surface area contributed by atoms with Crippen LogP contribution in [0.3, 0.4) is 0 Å². The molecule has 7 heteroatoms. The number of nitrogens with zero attached hydrogens (tertiary/aromatic N) is 3. The molecular weight excluding hydrogens is 329 g/mol. The van der Waals surface area contributed by atoms with Crippen LogP contribution in [0.25, 0.3) is 0 Å². The fraction of sp³-hybridized carbons (Fsp3) is 0.462. The van der Waals surface area contributed by atoms with Crippen molar-refractivity contribution >= 4 is 21.6 Å². The highest BCUT2D eigenvalue weighted by molar-refractivity contribution is 9.10. The number of rotatable bonds is 4. The van der Waals surface area contributed by atoms with Crippen molar-refractivity contribution in [2.45, 2.75) is 20.8 Å². The van der Waals surface area contributed by atoms with Gasteiger partial charge in [0, 0.05) is 6.07 Å². The molecule has 0 aromatic heterocycles. The van der Waals surface area contributed by atoms with Gasteiger partial charge in [-0.2, -0.15) is 5.26 Å². The number of nitro groups is 1. The summed E-state index contributed by atoms with van der Waals surface area (Å²) in [6, 6.07) is 3.45. The van der Waals surface area contributed by atoms with Crippen LogP contribution in [0.15, 0.2) is 16.6 Å². The first-order chi connectivity index (χ1) is 9.42. The Morgan fingerprint density at radius 1 is 1.35 bits per heavy atom. The van der Waals surface area contributed by atoms with Gasteiger partial charge in [-0.1, -0.05) is 20.8 Å². The molecule has 0 bridgehead atoms. The van der Waals surface area contributed by atoms with Gasteiger partial charge in [0.05, 0.1) is 9.40 Å². The summed E-state index contributed by atoms with van der Waals surface area (Å²) >= 11 is 2.76. The fourth-order valence-corrected chi connectivity index (χ4v) is 1.89. The van der Waals surface area contributed by atoms with E-state index in [2.05, 4.69) is 41.6 Å². The molecule has 0 aliphatic rings. The molecule has 0 aliphatic heterocycles. The van der Waals surface area contributed by atoms with Gasteiger partial charge in [-0.25, -0.2) is 4.39 Å². The molecular formula is C13H17BrFN3O2. The summed E-state index contributed by atoms with van der Waals surface area (Å²) in [5, 5.41) is 18.9. The largest absolute Gasteiger partial charge is 0.304 e. The smallest absolute Gasteiger partial charge is 0.288 e. The van der Waals surface area contributed by atoms with Crippen LogP contribution in [0.5, 0.6) is 0 Å². The SMILES string of the molecule is CCN(CC)CC.N#Cc1c([N+](=O)[O-])ccc(F)c1Br. The molecule has 0 fully saturated rings. The van der Waals surface area contributed by atoms with E-state index in [1.54, 1.807) is 6.07 Å². The van der Waals surface area contributed by atoms with Crippen molar-refractivity contribution in [3.63, 3.8) is 0 Å². The van der Waals surface area contributed by atoms with Crippen molar-refractivity contribution < 1.29 is 9.31 Å². The highest BCUT2D eigenvalue weighted by atomic mass is 79.9. The van der Waals surface area contributed by atoms with Gasteiger partial charge in [-0.15, -0.1) is 0 Å². The van der Waals surface area contributed by atoms with E-state index in [1.165, 1.54) is 19.6 Å². The fourth-order valence-electron chi connectivity index (χ4n) is 1.47. The van der Waals surface area contributed by atoms with Crippen molar-refractivity contribution in [1.82, 2.24) is 4.90 Å². The summed E-state index contributed by atoms with van der Waals surface area (Å²) in [4.78, 5) is 12.0. The second-order valence-electron chi connectivity index (χ2n) is 3.74. The molecule has 0 heterocycles. The van der Waals surface area contributed by atoms with Gasteiger partial charge in [0.2, 0.25) is 0 Å². The number of nitriles is 1. The second-order valence-corrected chi connectivity index (χ2v) is 4.54. The Morgan fingerprint density at radius 2 is 1.85 bits per heavy atom. The van der Waals surface area contributed by atoms with E-state index in [4.69, 9.17) is 5.26 Å². The van der Waals surface area contributed by atoms with E-state index in [-0.39, 0.29) is 10.0 Å². The molecule has 0 spiro atoms. The summed E-state index contributed by atoms with van der Waals surface area (Å²) < 4.78 is 12.6. The van der Waals surface area contributed by atoms with Crippen LogP contribution >= 0.6 is 15.9 Å². The predicted octanol–water partition coefficient (Wildman–Crippen LogP) is 3.72. The number of benzene rings is 1. The molecule has 0 amide bonds. The van der Waals surface area contributed by atoms with E-state index in [0.717, 1.165) is 12.1 Å². The minimum absolute atomic E-state index is 0.177. The van der Waals surface area contributed by atoms with Crippen molar-refractivity contribution in [1.29, 1.82) is 5.26 Å². The maximum absolute atomic E-state index is 12.8. The zero-order chi connectivity index (χ0) is 15.7. The molecule has 0 atom stereocenters. The molecule has 0 unspecified atom stereocenters. The van der Waals surface area contributed by atoms with Gasteiger partial charge in [-0.3, -0.25) is 10.1 Å². The third kappa shape index (κ3) is 5.23. The molecule has 0 aliphatic carbocycles. The lowest BCUT2D eigenvalue weighted by Gasteiger charge is -2.13. The van der Waals surface area contributed by atoms with Crippen molar-refractivity contribution in [2.75, 3.05) is 19.6 Å². The zero-order valence-electron chi connectivity index (χ0n) is 11.7. The van der Waals surface area contributed by atoms with E-state index < -0.39 is 16.4 Å². The van der Waals surface area contributed by atoms with Crippen LogP contribution in [-0.2, 0) is 0 Å². The Labute approximate surface area is 126 Å². The molecule has 0 N–H and O–H groups in total. The third-order valence-electron chi connectivity index (χ3n) is 2.72. The van der Waals surface area contributed by atoms with Gasteiger partial charge in [0.15, 0.2) is 0 Å². The lowest BCUT2D eigenvalue weighted by Crippen LogP contribution is -2.21. The van der Waals surface area contributed by atoms with E-state index in [0.29, 0.717) is 0 Å². The number of halogens is 2. The molecule has 5 nitrogen and oxygen atoms in total. The summed E-state index contributed by atoms with van der Waals surface area (Å²) in [5.74, 6) is -0.692. The monoisotopic (exact) mass is 345 g/mol. The van der Waals surface area contributed by atoms with Crippen LogP contribution in [0.2, 0.25) is 0 Å². The molecule has 1 aromatic rings. The lowest BCUT2D eigenvalue weighted by molar-refractivity contribution is -0.385. The molecule has 1 rings (SSSR count). The number of hydrogen-bond donors (Lipinski definition) is 0. The zero-order valence-corrected chi connectivity index (χ0v) is 13.3. The van der Waals surface area contributed by atoms with Gasteiger partial charge in [0.25, 0.3) is 5.69 Å². The van der Waals surface area contributed by atoms with Crippen molar-refractivity contribution in [2.24, 2.45) is 0 Å². The van der Waals surface area contributed by atoms with Gasteiger partial charge in [0.1, 0.15) is 17.4 Å². The molecule has 0 radical (unpaired) electrons. The topological polar surface area (TPSA) is 70.2 Å². The number of hydrogen-bond acceptors (Lipinski definition) is 4. The normalized spacial score (nSPS) is 9.65. The molecule has 0 saturated heterocycles. The minimum Gasteiger partial charge on any atom is -0.304 e. The summed E-state index contributed by atoms with van der Waals surface area (Å²) in [6.45, 7) is 10.1. The average molecular weight is 346 g/mol. The maximum Gasteiger partial charge on any atom is 0.288 e. The third-order valence-corrected chi connectivity index (χ3v) is 3.50. The van der Waals surface area contributed by atoms with Gasteiger partial charge >= 0.3 is 0 Å². The Hall–Kier alpha value is -1.52. The van der Waals surface area contributed by atoms with E-state index >= 15 is 0 Å². The van der Waals surface area contributed by atoms with E-state index in [1.807, 2.05) is 0 Å². The van der Waals surface area contributed by atoms with Crippen LogP contribution in [-0.4, -0.2) is 29.5 Å². The predicted molar refractivity (Wildman–Crippen MR) is 78.9 cm³/mol. The summed E-state index contributed by atoms with van der Waals surface area (Å²) in [5.41, 5.74) is -0.708. The number of nitro benzene ring substituents is 1. The summed E-state index contributed by atoms with van der Waals surface area (Å²) in [7, 11) is 0. The van der Waals surface area contributed by atoms with Crippen LogP contribution < -0.4 is 0 Å². The Balaban J connectivity index is 0.000000441. The van der Waals surface area contributed by atoms with Crippen molar-refractivity contribution in [3.05, 3.63) is 38.1 Å². The standard InChI is InChI=1S/C7H2BrFN2O2.C6H15N/c8-7-4(3-10)6(11(12)13)2-1-5(7)9;1-4-7(5-2)6-3/h1-2H;4-6H2,1-3H3. The first kappa shape index (κ1) is 18.5. The lowest BCUT2D eigenvalue weighted by atomic mass is 10.2. The molecule has 1 aromatic carbocycles. The van der Waals surface area contributed by atoms with Crippen LogP contribution in [0.4, 0.5) is 10.1 Å². The van der Waals surface area contributed by atoms with Crippen molar-refractivity contribution in [3.8, 4) is 6.07 Å². The van der Waals surface area contributed by atoms with Crippen LogP contribution in [0.1, 0.15) is 26.3 Å². The van der Waals surface area contributed by atoms with E-state index in [9.17, 15) is 14.5 Å². The minimum atomic E-state index is -0.733. The Kier molecular flexibility index (Phi) is 8.68. The average Bonchev–Trinajstić information content (AvgIpc) is 2.44.